The number of carbonyl (C=O) groups is 1. The van der Waals surface area contributed by atoms with E-state index in [9.17, 15) is 9.90 Å². The van der Waals surface area contributed by atoms with E-state index >= 15 is 0 Å². The van der Waals surface area contributed by atoms with Crippen LogP contribution in [0.15, 0.2) is 29.8 Å². The molecule has 0 unspecified atom stereocenters. The maximum Gasteiger partial charge on any atom is 0.410 e. The summed E-state index contributed by atoms with van der Waals surface area (Å²) in [6.07, 6.45) is 4.51. The molecule has 2 fully saturated rings. The van der Waals surface area contributed by atoms with E-state index in [1.54, 1.807) is 11.0 Å². The van der Waals surface area contributed by atoms with Gasteiger partial charge in [0.1, 0.15) is 11.2 Å². The monoisotopic (exact) mass is 443 g/mol. The molecule has 1 N–H and O–H groups in total. The molecule has 3 aliphatic rings. The molecule has 1 spiro atoms. The van der Waals surface area contributed by atoms with Gasteiger partial charge >= 0.3 is 6.09 Å². The first-order valence-electron chi connectivity index (χ1n) is 11.7. The number of fused-ring (bicyclic) bond motifs is 3. The Labute approximate surface area is 191 Å². The van der Waals surface area contributed by atoms with Crippen molar-refractivity contribution in [1.29, 1.82) is 0 Å². The van der Waals surface area contributed by atoms with E-state index in [4.69, 9.17) is 14.2 Å². The van der Waals surface area contributed by atoms with Gasteiger partial charge in [-0.1, -0.05) is 23.8 Å². The molecule has 176 valence electrons. The van der Waals surface area contributed by atoms with Crippen LogP contribution in [0.1, 0.15) is 72.5 Å². The van der Waals surface area contributed by atoms with Crippen LogP contribution in [-0.4, -0.2) is 47.0 Å². The Bertz CT molecular complexity index is 907. The highest BCUT2D eigenvalue weighted by Crippen LogP contribution is 2.57. The Hall–Kier alpha value is -2.21. The highest BCUT2D eigenvalue weighted by atomic mass is 16.6. The standard InChI is InChI=1S/C26H37NO5/c1-17(2)9-8-12-25(6)19-13-26(14-27(15-26)23(29)32-24(3,4)5)16-30-21(19)18-10-7-11-20(28)22(18)31-25/h7,9-11,19,21,28H,8,12-16H2,1-6H3/t19-,21+,25-/m0/s1. The fraction of sp³-hybridized carbons (Fsp3) is 0.654. The van der Waals surface area contributed by atoms with Crippen LogP contribution < -0.4 is 4.74 Å². The van der Waals surface area contributed by atoms with Crippen LogP contribution >= 0.6 is 0 Å². The normalized spacial score (nSPS) is 28.1. The molecule has 4 rings (SSSR count). The molecule has 0 aromatic heterocycles. The van der Waals surface area contributed by atoms with Crippen LogP contribution in [0, 0.1) is 11.3 Å². The predicted octanol–water partition coefficient (Wildman–Crippen LogP) is 5.60. The van der Waals surface area contributed by atoms with Crippen molar-refractivity contribution in [3.8, 4) is 11.5 Å². The van der Waals surface area contributed by atoms with Crippen molar-refractivity contribution in [2.24, 2.45) is 11.3 Å². The maximum absolute atomic E-state index is 12.5. The topological polar surface area (TPSA) is 68.2 Å². The summed E-state index contributed by atoms with van der Waals surface area (Å²) in [5, 5.41) is 10.5. The van der Waals surface area contributed by atoms with Gasteiger partial charge < -0.3 is 24.2 Å². The lowest BCUT2D eigenvalue weighted by Gasteiger charge is -2.58. The molecule has 6 nitrogen and oxygen atoms in total. The molecular weight excluding hydrogens is 406 g/mol. The zero-order chi connectivity index (χ0) is 23.3. The molecule has 2 saturated heterocycles. The van der Waals surface area contributed by atoms with Gasteiger partial charge in [-0.15, -0.1) is 0 Å². The first-order chi connectivity index (χ1) is 14.9. The van der Waals surface area contributed by atoms with E-state index < -0.39 is 11.2 Å². The number of ether oxygens (including phenoxy) is 3. The molecule has 0 radical (unpaired) electrons. The fourth-order valence-corrected chi connectivity index (χ4v) is 5.37. The third-order valence-corrected chi connectivity index (χ3v) is 6.94. The molecular formula is C26H37NO5. The minimum absolute atomic E-state index is 0.0759. The number of amides is 1. The van der Waals surface area contributed by atoms with Crippen LogP contribution in [0.5, 0.6) is 11.5 Å². The van der Waals surface area contributed by atoms with Gasteiger partial charge in [-0.05, 0) is 66.9 Å². The van der Waals surface area contributed by atoms with E-state index in [0.29, 0.717) is 25.4 Å². The van der Waals surface area contributed by atoms with Crippen LogP contribution in [0.3, 0.4) is 0 Å². The summed E-state index contributed by atoms with van der Waals surface area (Å²) in [5.74, 6) is 0.850. The van der Waals surface area contributed by atoms with Crippen molar-refractivity contribution in [3.63, 3.8) is 0 Å². The largest absolute Gasteiger partial charge is 0.504 e. The molecule has 0 bridgehead atoms. The summed E-state index contributed by atoms with van der Waals surface area (Å²) in [6, 6.07) is 5.51. The van der Waals surface area contributed by atoms with Gasteiger partial charge in [0.15, 0.2) is 11.5 Å². The Morgan fingerprint density at radius 3 is 2.69 bits per heavy atom. The molecule has 0 saturated carbocycles. The number of phenols is 1. The number of rotatable bonds is 3. The molecule has 3 heterocycles. The summed E-state index contributed by atoms with van der Waals surface area (Å²) >= 11 is 0. The zero-order valence-corrected chi connectivity index (χ0v) is 20.2. The second-order valence-electron chi connectivity index (χ2n) is 11.3. The van der Waals surface area contributed by atoms with Crippen LogP contribution in [0.4, 0.5) is 4.79 Å². The van der Waals surface area contributed by atoms with Crippen LogP contribution in [-0.2, 0) is 9.47 Å². The highest BCUT2D eigenvalue weighted by Gasteiger charge is 2.58. The summed E-state index contributed by atoms with van der Waals surface area (Å²) in [5.41, 5.74) is 1.16. The molecule has 32 heavy (non-hydrogen) atoms. The van der Waals surface area contributed by atoms with Crippen molar-refractivity contribution in [1.82, 2.24) is 4.90 Å². The fourth-order valence-electron chi connectivity index (χ4n) is 5.37. The van der Waals surface area contributed by atoms with E-state index in [1.165, 1.54) is 5.57 Å². The number of aromatic hydroxyl groups is 1. The molecule has 1 aromatic carbocycles. The van der Waals surface area contributed by atoms with E-state index in [-0.39, 0.29) is 29.3 Å². The van der Waals surface area contributed by atoms with E-state index in [1.807, 2.05) is 32.9 Å². The van der Waals surface area contributed by atoms with Crippen LogP contribution in [0.2, 0.25) is 0 Å². The second kappa shape index (κ2) is 7.98. The molecule has 1 aromatic rings. The summed E-state index contributed by atoms with van der Waals surface area (Å²) in [7, 11) is 0. The average molecular weight is 444 g/mol. The maximum atomic E-state index is 12.5. The van der Waals surface area contributed by atoms with Gasteiger partial charge in [0.25, 0.3) is 0 Å². The third-order valence-electron chi connectivity index (χ3n) is 6.94. The predicted molar refractivity (Wildman–Crippen MR) is 123 cm³/mol. The highest BCUT2D eigenvalue weighted by molar-refractivity contribution is 5.69. The minimum atomic E-state index is -0.500. The Kier molecular flexibility index (Phi) is 5.73. The molecule has 3 atom stereocenters. The number of para-hydroxylation sites is 1. The van der Waals surface area contributed by atoms with Crippen molar-refractivity contribution in [3.05, 3.63) is 35.4 Å². The lowest BCUT2D eigenvalue weighted by atomic mass is 9.63. The van der Waals surface area contributed by atoms with Gasteiger partial charge in [0.2, 0.25) is 0 Å². The molecule has 1 amide bonds. The molecule has 0 aliphatic carbocycles. The average Bonchev–Trinajstić information content (AvgIpc) is 2.65. The smallest absolute Gasteiger partial charge is 0.410 e. The van der Waals surface area contributed by atoms with Gasteiger partial charge in [0, 0.05) is 30.0 Å². The van der Waals surface area contributed by atoms with Crippen molar-refractivity contribution < 1.29 is 24.1 Å². The lowest BCUT2D eigenvalue weighted by Crippen LogP contribution is -2.65. The van der Waals surface area contributed by atoms with Gasteiger partial charge in [-0.25, -0.2) is 4.79 Å². The van der Waals surface area contributed by atoms with Crippen molar-refractivity contribution in [2.45, 2.75) is 78.1 Å². The first-order valence-corrected chi connectivity index (χ1v) is 11.7. The van der Waals surface area contributed by atoms with Gasteiger partial charge in [0.05, 0.1) is 12.7 Å². The van der Waals surface area contributed by atoms with Crippen molar-refractivity contribution >= 4 is 6.09 Å². The quantitative estimate of drug-likeness (QED) is 0.616. The summed E-state index contributed by atoms with van der Waals surface area (Å²) in [4.78, 5) is 14.3. The number of likely N-dealkylation sites (tertiary alicyclic amines) is 1. The zero-order valence-electron chi connectivity index (χ0n) is 20.2. The van der Waals surface area contributed by atoms with E-state index in [2.05, 4.69) is 26.8 Å². The number of hydrogen-bond acceptors (Lipinski definition) is 5. The van der Waals surface area contributed by atoms with Gasteiger partial charge in [-0.3, -0.25) is 0 Å². The molecule has 3 aliphatic heterocycles. The number of nitrogens with zero attached hydrogens (tertiary/aromatic N) is 1. The van der Waals surface area contributed by atoms with E-state index in [0.717, 1.165) is 24.8 Å². The summed E-state index contributed by atoms with van der Waals surface area (Å²) in [6.45, 7) is 13.9. The number of hydrogen-bond donors (Lipinski definition) is 1. The minimum Gasteiger partial charge on any atom is -0.504 e. The number of allylic oxidation sites excluding steroid dienone is 2. The van der Waals surface area contributed by atoms with Gasteiger partial charge in [-0.2, -0.15) is 0 Å². The third kappa shape index (κ3) is 4.34. The van der Waals surface area contributed by atoms with Crippen LogP contribution in [0.25, 0.3) is 0 Å². The number of carbonyl (C=O) groups excluding carboxylic acids is 1. The Balaban J connectivity index is 1.56. The SMILES string of the molecule is CC(C)=CCC[C@]1(C)Oc2c(O)cccc2[C@H]2OCC3(C[C@@H]21)CN(C(=O)OC(C)(C)C)C3. The Morgan fingerprint density at radius 2 is 2.03 bits per heavy atom. The lowest BCUT2D eigenvalue weighted by molar-refractivity contribution is -0.200. The Morgan fingerprint density at radius 1 is 1.31 bits per heavy atom. The number of benzene rings is 1. The first kappa shape index (κ1) is 23.0. The second-order valence-corrected chi connectivity index (χ2v) is 11.3. The number of phenolic OH excluding ortho intramolecular Hbond substituents is 1. The van der Waals surface area contributed by atoms with Crippen molar-refractivity contribution in [2.75, 3.05) is 19.7 Å². The summed E-state index contributed by atoms with van der Waals surface area (Å²) < 4.78 is 18.6. The molecule has 6 heteroatoms.